The Morgan fingerprint density at radius 3 is 2.57 bits per heavy atom. The maximum absolute atomic E-state index is 5.54. The van der Waals surface area contributed by atoms with Gasteiger partial charge < -0.3 is 5.73 Å². The topological polar surface area (TPSA) is 26.0 Å². The summed E-state index contributed by atoms with van der Waals surface area (Å²) in [4.78, 5) is 0. The molecule has 0 aliphatic heterocycles. The summed E-state index contributed by atoms with van der Waals surface area (Å²) >= 11 is 1.90. The van der Waals surface area contributed by atoms with Crippen molar-refractivity contribution in [1.82, 2.24) is 0 Å². The largest absolute Gasteiger partial charge is 0.327 e. The maximum atomic E-state index is 5.54. The molecule has 0 heterocycles. The van der Waals surface area contributed by atoms with Gasteiger partial charge in [0.05, 0.1) is 0 Å². The van der Waals surface area contributed by atoms with Gasteiger partial charge in [-0.05, 0) is 24.3 Å². The van der Waals surface area contributed by atoms with Crippen LogP contribution in [-0.4, -0.2) is 18.1 Å². The van der Waals surface area contributed by atoms with E-state index in [1.165, 1.54) is 12.2 Å². The SMILES string of the molecule is CSC[C@@H]1C[C@H]1N. The van der Waals surface area contributed by atoms with Crippen LogP contribution in [-0.2, 0) is 0 Å². The van der Waals surface area contributed by atoms with Crippen molar-refractivity contribution in [3.8, 4) is 0 Å². The Morgan fingerprint density at radius 2 is 2.43 bits per heavy atom. The van der Waals surface area contributed by atoms with Crippen molar-refractivity contribution in [2.75, 3.05) is 12.0 Å². The van der Waals surface area contributed by atoms with Crippen molar-refractivity contribution < 1.29 is 0 Å². The highest BCUT2D eigenvalue weighted by atomic mass is 32.2. The Kier molecular flexibility index (Phi) is 1.60. The molecule has 1 fully saturated rings. The summed E-state index contributed by atoms with van der Waals surface area (Å²) in [7, 11) is 0. The first-order valence-corrected chi connectivity index (χ1v) is 3.98. The Labute approximate surface area is 48.7 Å². The highest BCUT2D eigenvalue weighted by Crippen LogP contribution is 2.30. The zero-order chi connectivity index (χ0) is 5.28. The van der Waals surface area contributed by atoms with Gasteiger partial charge in [0.15, 0.2) is 0 Å². The molecule has 1 rings (SSSR count). The van der Waals surface area contributed by atoms with Crippen LogP contribution in [0.15, 0.2) is 0 Å². The van der Waals surface area contributed by atoms with Crippen LogP contribution in [0.5, 0.6) is 0 Å². The second kappa shape index (κ2) is 2.05. The molecule has 1 nitrogen and oxygen atoms in total. The van der Waals surface area contributed by atoms with Gasteiger partial charge in [0.25, 0.3) is 0 Å². The normalized spacial score (nSPS) is 38.6. The third kappa shape index (κ3) is 1.35. The Hall–Kier alpha value is 0.310. The first-order chi connectivity index (χ1) is 3.34. The maximum Gasteiger partial charge on any atom is 0.00791 e. The average Bonchev–Trinajstić information content (AvgIpc) is 2.22. The van der Waals surface area contributed by atoms with Gasteiger partial charge >= 0.3 is 0 Å². The van der Waals surface area contributed by atoms with Crippen molar-refractivity contribution in [1.29, 1.82) is 0 Å². The molecular weight excluding hydrogens is 106 g/mol. The molecule has 0 aromatic heterocycles. The molecule has 0 unspecified atom stereocenters. The van der Waals surface area contributed by atoms with E-state index in [9.17, 15) is 0 Å². The molecule has 2 atom stereocenters. The van der Waals surface area contributed by atoms with E-state index in [-0.39, 0.29) is 0 Å². The molecule has 0 amide bonds. The lowest BCUT2D eigenvalue weighted by molar-refractivity contribution is 0.908. The van der Waals surface area contributed by atoms with E-state index in [0.717, 1.165) is 5.92 Å². The van der Waals surface area contributed by atoms with Gasteiger partial charge in [-0.15, -0.1) is 0 Å². The zero-order valence-electron chi connectivity index (χ0n) is 4.55. The van der Waals surface area contributed by atoms with Crippen LogP contribution >= 0.6 is 11.8 Å². The lowest BCUT2D eigenvalue weighted by Crippen LogP contribution is -2.02. The second-order valence-corrected chi connectivity index (χ2v) is 3.03. The minimum atomic E-state index is 0.549. The molecular formula is C5H11NS. The van der Waals surface area contributed by atoms with Crippen molar-refractivity contribution in [2.45, 2.75) is 12.5 Å². The van der Waals surface area contributed by atoms with Gasteiger partial charge in [0, 0.05) is 6.04 Å². The lowest BCUT2D eigenvalue weighted by atomic mass is 10.5. The number of hydrogen-bond acceptors (Lipinski definition) is 2. The highest BCUT2D eigenvalue weighted by molar-refractivity contribution is 7.98. The second-order valence-electron chi connectivity index (χ2n) is 2.11. The highest BCUT2D eigenvalue weighted by Gasteiger charge is 2.32. The van der Waals surface area contributed by atoms with Crippen LogP contribution in [0.2, 0.25) is 0 Å². The van der Waals surface area contributed by atoms with E-state index in [1.54, 1.807) is 0 Å². The summed E-state index contributed by atoms with van der Waals surface area (Å²) < 4.78 is 0. The van der Waals surface area contributed by atoms with Gasteiger partial charge in [0.2, 0.25) is 0 Å². The minimum absolute atomic E-state index is 0.549. The Morgan fingerprint density at radius 1 is 1.86 bits per heavy atom. The third-order valence-corrected chi connectivity index (χ3v) is 2.12. The molecule has 1 aliphatic rings. The van der Waals surface area contributed by atoms with Gasteiger partial charge in [-0.3, -0.25) is 0 Å². The first kappa shape index (κ1) is 5.45. The molecule has 0 saturated heterocycles. The number of hydrogen-bond donors (Lipinski definition) is 1. The predicted molar refractivity (Wildman–Crippen MR) is 34.5 cm³/mol. The number of rotatable bonds is 2. The first-order valence-electron chi connectivity index (χ1n) is 2.59. The van der Waals surface area contributed by atoms with Crippen LogP contribution in [0.3, 0.4) is 0 Å². The van der Waals surface area contributed by atoms with E-state index in [2.05, 4.69) is 6.26 Å². The van der Waals surface area contributed by atoms with Crippen LogP contribution < -0.4 is 5.73 Å². The summed E-state index contributed by atoms with van der Waals surface area (Å²) in [6.45, 7) is 0. The van der Waals surface area contributed by atoms with Crippen molar-refractivity contribution in [3.63, 3.8) is 0 Å². The van der Waals surface area contributed by atoms with Crippen molar-refractivity contribution >= 4 is 11.8 Å². The summed E-state index contributed by atoms with van der Waals surface area (Å²) in [5.41, 5.74) is 5.54. The Bertz CT molecular complexity index is 65.1. The van der Waals surface area contributed by atoms with Crippen LogP contribution in [0.4, 0.5) is 0 Å². The Balaban J connectivity index is 1.98. The fraction of sp³-hybridized carbons (Fsp3) is 1.00. The van der Waals surface area contributed by atoms with Gasteiger partial charge in [-0.25, -0.2) is 0 Å². The molecule has 42 valence electrons. The van der Waals surface area contributed by atoms with Crippen LogP contribution in [0, 0.1) is 5.92 Å². The molecule has 0 aromatic rings. The molecule has 0 spiro atoms. The van der Waals surface area contributed by atoms with E-state index in [1.807, 2.05) is 11.8 Å². The fourth-order valence-corrected chi connectivity index (χ4v) is 1.49. The molecule has 7 heavy (non-hydrogen) atoms. The van der Waals surface area contributed by atoms with Crippen molar-refractivity contribution in [3.05, 3.63) is 0 Å². The smallest absolute Gasteiger partial charge is 0.00791 e. The summed E-state index contributed by atoms with van der Waals surface area (Å²) in [6.07, 6.45) is 3.39. The number of thioether (sulfide) groups is 1. The van der Waals surface area contributed by atoms with E-state index in [4.69, 9.17) is 5.73 Å². The molecule has 2 N–H and O–H groups in total. The summed E-state index contributed by atoms with van der Waals surface area (Å²) in [5, 5.41) is 0. The van der Waals surface area contributed by atoms with Gasteiger partial charge in [-0.2, -0.15) is 11.8 Å². The number of nitrogens with two attached hydrogens (primary N) is 1. The molecule has 0 bridgehead atoms. The molecule has 1 aliphatic carbocycles. The average molecular weight is 117 g/mol. The van der Waals surface area contributed by atoms with Gasteiger partial charge in [0.1, 0.15) is 0 Å². The standard InChI is InChI=1S/C5H11NS/c1-7-3-4-2-5(4)6/h4-5H,2-3,6H2,1H3/t4-,5+/m0/s1. The molecule has 1 saturated carbocycles. The monoisotopic (exact) mass is 117 g/mol. The van der Waals surface area contributed by atoms with Crippen LogP contribution in [0.25, 0.3) is 0 Å². The quantitative estimate of drug-likeness (QED) is 0.576. The summed E-state index contributed by atoms with van der Waals surface area (Å²) in [5.74, 6) is 2.12. The minimum Gasteiger partial charge on any atom is -0.327 e. The molecule has 2 heteroatoms. The van der Waals surface area contributed by atoms with E-state index < -0.39 is 0 Å². The van der Waals surface area contributed by atoms with E-state index in [0.29, 0.717) is 6.04 Å². The van der Waals surface area contributed by atoms with E-state index >= 15 is 0 Å². The van der Waals surface area contributed by atoms with Crippen LogP contribution in [0.1, 0.15) is 6.42 Å². The molecule has 0 aromatic carbocycles. The third-order valence-electron chi connectivity index (χ3n) is 1.36. The fourth-order valence-electron chi connectivity index (χ4n) is 0.677. The predicted octanol–water partition coefficient (Wildman–Crippen LogP) is 0.697. The summed E-state index contributed by atoms with van der Waals surface area (Å²) in [6, 6.07) is 0.549. The molecule has 0 radical (unpaired) electrons. The zero-order valence-corrected chi connectivity index (χ0v) is 5.37. The van der Waals surface area contributed by atoms with Gasteiger partial charge in [-0.1, -0.05) is 0 Å². The lowest BCUT2D eigenvalue weighted by Gasteiger charge is -1.86. The van der Waals surface area contributed by atoms with Crippen molar-refractivity contribution in [2.24, 2.45) is 11.7 Å².